The minimum atomic E-state index is -3.08. The molecule has 0 aromatic heterocycles. The number of carbonyl (C=O) groups is 2. The molecule has 5 heteroatoms. The molecule has 0 bridgehead atoms. The van der Waals surface area contributed by atoms with Crippen LogP contribution >= 0.6 is 0 Å². The van der Waals surface area contributed by atoms with E-state index < -0.39 is 14.6 Å². The number of unbranched alkanes of at least 4 members (excludes halogenated alkanes) is 2. The van der Waals surface area contributed by atoms with E-state index in [4.69, 9.17) is 0 Å². The van der Waals surface area contributed by atoms with Crippen molar-refractivity contribution in [1.29, 1.82) is 0 Å². The average molecular weight is 395 g/mol. The number of hydrogen-bond acceptors (Lipinski definition) is 4. The highest BCUT2D eigenvalue weighted by atomic mass is 32.2. The Bertz CT molecular complexity index is 723. The summed E-state index contributed by atoms with van der Waals surface area (Å²) in [7, 11) is -3.08. The van der Waals surface area contributed by atoms with Crippen LogP contribution < -0.4 is 0 Å². The maximum Gasteiger partial charge on any atom is 0.163 e. The van der Waals surface area contributed by atoms with Gasteiger partial charge in [-0.1, -0.05) is 44.5 Å². The summed E-state index contributed by atoms with van der Waals surface area (Å²) in [6.45, 7) is 9.18. The topological polar surface area (TPSA) is 68.3 Å². The standard InChI is InChI=1S/C22H34O4S/c1-17(2)15-21(24)19-12-10-18(11-13-19)16-20(23)9-7-6-8-14-27(25,26)22(3,4)5/h10-13,17H,6-9,14-16H2,1-5H3. The summed E-state index contributed by atoms with van der Waals surface area (Å²) in [4.78, 5) is 24.1. The Morgan fingerprint density at radius 2 is 1.56 bits per heavy atom. The second-order valence-corrected chi connectivity index (χ2v) is 11.5. The van der Waals surface area contributed by atoms with Gasteiger partial charge in [0.1, 0.15) is 5.78 Å². The van der Waals surface area contributed by atoms with Crippen molar-refractivity contribution in [1.82, 2.24) is 0 Å². The van der Waals surface area contributed by atoms with Gasteiger partial charge < -0.3 is 0 Å². The molecule has 0 saturated heterocycles. The molecule has 0 radical (unpaired) electrons. The summed E-state index contributed by atoms with van der Waals surface area (Å²) >= 11 is 0. The van der Waals surface area contributed by atoms with Crippen molar-refractivity contribution in [3.63, 3.8) is 0 Å². The normalized spacial score (nSPS) is 12.4. The molecule has 27 heavy (non-hydrogen) atoms. The van der Waals surface area contributed by atoms with Gasteiger partial charge in [0.25, 0.3) is 0 Å². The summed E-state index contributed by atoms with van der Waals surface area (Å²) in [6.07, 6.45) is 3.40. The fourth-order valence-electron chi connectivity index (χ4n) is 2.71. The van der Waals surface area contributed by atoms with Gasteiger partial charge in [-0.2, -0.15) is 0 Å². The number of hydrogen-bond donors (Lipinski definition) is 0. The number of carbonyl (C=O) groups excluding carboxylic acids is 2. The maximum absolute atomic E-state index is 12.1. The van der Waals surface area contributed by atoms with Crippen molar-refractivity contribution in [2.75, 3.05) is 5.75 Å². The minimum absolute atomic E-state index is 0.132. The molecule has 0 aliphatic heterocycles. The van der Waals surface area contributed by atoms with E-state index in [1.807, 2.05) is 26.0 Å². The Kier molecular flexibility index (Phi) is 8.86. The second-order valence-electron chi connectivity index (χ2n) is 8.68. The molecule has 152 valence electrons. The van der Waals surface area contributed by atoms with Gasteiger partial charge in [-0.05, 0) is 45.1 Å². The molecule has 1 aromatic rings. The van der Waals surface area contributed by atoms with Gasteiger partial charge >= 0.3 is 0 Å². The highest BCUT2D eigenvalue weighted by molar-refractivity contribution is 7.92. The van der Waals surface area contributed by atoms with E-state index in [1.54, 1.807) is 32.9 Å². The number of benzene rings is 1. The molecule has 0 N–H and O–H groups in total. The van der Waals surface area contributed by atoms with Crippen molar-refractivity contribution < 1.29 is 18.0 Å². The Balaban J connectivity index is 2.36. The van der Waals surface area contributed by atoms with Crippen LogP contribution in [0.15, 0.2) is 24.3 Å². The van der Waals surface area contributed by atoms with Crippen LogP contribution in [-0.4, -0.2) is 30.5 Å². The average Bonchev–Trinajstić information content (AvgIpc) is 2.53. The van der Waals surface area contributed by atoms with Crippen molar-refractivity contribution in [2.45, 2.75) is 77.9 Å². The van der Waals surface area contributed by atoms with E-state index in [-0.39, 0.29) is 17.3 Å². The van der Waals surface area contributed by atoms with Gasteiger partial charge in [0.15, 0.2) is 15.6 Å². The summed E-state index contributed by atoms with van der Waals surface area (Å²) in [5, 5.41) is 0. The van der Waals surface area contributed by atoms with E-state index in [9.17, 15) is 18.0 Å². The third-order valence-electron chi connectivity index (χ3n) is 4.57. The van der Waals surface area contributed by atoms with Crippen LogP contribution in [-0.2, 0) is 21.1 Å². The predicted octanol–water partition coefficient (Wildman–Crippen LogP) is 4.80. The summed E-state index contributed by atoms with van der Waals surface area (Å²) < 4.78 is 23.4. The molecular formula is C22H34O4S. The van der Waals surface area contributed by atoms with Gasteiger partial charge in [0, 0.05) is 24.8 Å². The zero-order valence-electron chi connectivity index (χ0n) is 17.4. The van der Waals surface area contributed by atoms with Crippen LogP contribution in [0.25, 0.3) is 0 Å². The molecule has 0 aliphatic rings. The quantitative estimate of drug-likeness (QED) is 0.399. The first-order valence-corrected chi connectivity index (χ1v) is 11.4. The Labute approximate surface area is 164 Å². The van der Waals surface area contributed by atoms with E-state index in [1.165, 1.54) is 0 Å². The lowest BCUT2D eigenvalue weighted by molar-refractivity contribution is -0.118. The molecule has 0 unspecified atom stereocenters. The van der Waals surface area contributed by atoms with Crippen molar-refractivity contribution in [3.8, 4) is 0 Å². The molecule has 0 amide bonds. The van der Waals surface area contributed by atoms with E-state index in [0.29, 0.717) is 43.6 Å². The van der Waals surface area contributed by atoms with Gasteiger partial charge in [-0.15, -0.1) is 0 Å². The molecule has 0 aliphatic carbocycles. The predicted molar refractivity (Wildman–Crippen MR) is 111 cm³/mol. The molecule has 0 spiro atoms. The summed E-state index contributed by atoms with van der Waals surface area (Å²) in [5.41, 5.74) is 1.61. The fraction of sp³-hybridized carbons (Fsp3) is 0.636. The third-order valence-corrected chi connectivity index (χ3v) is 7.26. The summed E-state index contributed by atoms with van der Waals surface area (Å²) in [5.74, 6) is 0.788. The van der Waals surface area contributed by atoms with Gasteiger partial charge in [0.2, 0.25) is 0 Å². The molecule has 0 heterocycles. The molecule has 0 saturated carbocycles. The van der Waals surface area contributed by atoms with Crippen LogP contribution in [0.3, 0.4) is 0 Å². The lowest BCUT2D eigenvalue weighted by atomic mass is 9.98. The van der Waals surface area contributed by atoms with Gasteiger partial charge in [-0.25, -0.2) is 8.42 Å². The first-order valence-electron chi connectivity index (χ1n) is 9.78. The summed E-state index contributed by atoms with van der Waals surface area (Å²) in [6, 6.07) is 7.29. The number of Topliss-reactive ketones (excluding diaryl/α,β-unsaturated/α-hetero) is 2. The smallest absolute Gasteiger partial charge is 0.163 e. The largest absolute Gasteiger partial charge is 0.299 e. The zero-order chi connectivity index (χ0) is 20.7. The monoisotopic (exact) mass is 394 g/mol. The van der Waals surface area contributed by atoms with Crippen molar-refractivity contribution in [3.05, 3.63) is 35.4 Å². The molecule has 1 rings (SSSR count). The van der Waals surface area contributed by atoms with E-state index >= 15 is 0 Å². The Morgan fingerprint density at radius 3 is 2.07 bits per heavy atom. The van der Waals surface area contributed by atoms with E-state index in [0.717, 1.165) is 12.0 Å². The molecule has 0 atom stereocenters. The van der Waals surface area contributed by atoms with E-state index in [2.05, 4.69) is 0 Å². The first-order chi connectivity index (χ1) is 12.4. The first kappa shape index (κ1) is 23.5. The highest BCUT2D eigenvalue weighted by Crippen LogP contribution is 2.18. The molecule has 0 fully saturated rings. The number of ketones is 2. The van der Waals surface area contributed by atoms with Crippen LogP contribution in [0.2, 0.25) is 0 Å². The van der Waals surface area contributed by atoms with Gasteiger partial charge in [0.05, 0.1) is 10.5 Å². The number of sulfone groups is 1. The molecule has 1 aromatic carbocycles. The highest BCUT2D eigenvalue weighted by Gasteiger charge is 2.27. The SMILES string of the molecule is CC(C)CC(=O)c1ccc(CC(=O)CCCCCS(=O)(=O)C(C)(C)C)cc1. The van der Waals surface area contributed by atoms with Crippen molar-refractivity contribution >= 4 is 21.4 Å². The second kappa shape index (κ2) is 10.2. The Morgan fingerprint density at radius 1 is 0.963 bits per heavy atom. The van der Waals surface area contributed by atoms with Crippen LogP contribution in [0.4, 0.5) is 0 Å². The van der Waals surface area contributed by atoms with Crippen LogP contribution in [0.1, 0.15) is 82.6 Å². The van der Waals surface area contributed by atoms with Crippen molar-refractivity contribution in [2.24, 2.45) is 5.92 Å². The lowest BCUT2D eigenvalue weighted by Crippen LogP contribution is -2.30. The third kappa shape index (κ3) is 8.37. The van der Waals surface area contributed by atoms with Crippen LogP contribution in [0.5, 0.6) is 0 Å². The van der Waals surface area contributed by atoms with Gasteiger partial charge in [-0.3, -0.25) is 9.59 Å². The lowest BCUT2D eigenvalue weighted by Gasteiger charge is -2.18. The number of rotatable bonds is 11. The molecule has 4 nitrogen and oxygen atoms in total. The Hall–Kier alpha value is -1.49. The zero-order valence-corrected chi connectivity index (χ0v) is 18.2. The van der Waals surface area contributed by atoms with Crippen LogP contribution in [0, 0.1) is 5.92 Å². The fourth-order valence-corrected chi connectivity index (χ4v) is 3.91. The molecular weight excluding hydrogens is 360 g/mol. The minimum Gasteiger partial charge on any atom is -0.299 e. The maximum atomic E-state index is 12.1.